The van der Waals surface area contributed by atoms with Crippen LogP contribution in [0, 0.1) is 0 Å². The fourth-order valence-electron chi connectivity index (χ4n) is 2.24. The van der Waals surface area contributed by atoms with Gasteiger partial charge in [-0.1, -0.05) is 0 Å². The van der Waals surface area contributed by atoms with Crippen molar-refractivity contribution < 1.29 is 4.79 Å². The second-order valence-corrected chi connectivity index (χ2v) is 5.06. The first kappa shape index (κ1) is 11.6. The Labute approximate surface area is 100 Å². The van der Waals surface area contributed by atoms with Crippen molar-refractivity contribution in [2.24, 2.45) is 5.73 Å². The second kappa shape index (κ2) is 5.46. The van der Waals surface area contributed by atoms with Crippen molar-refractivity contribution in [1.82, 2.24) is 4.90 Å². The largest absolute Gasteiger partial charge is 0.338 e. The molecule has 1 saturated heterocycles. The zero-order valence-electron chi connectivity index (χ0n) is 9.39. The van der Waals surface area contributed by atoms with E-state index in [1.165, 1.54) is 6.42 Å². The molecule has 2 N–H and O–H groups in total. The standard InChI is InChI=1S/C12H18N2OS/c13-8-11-3-1-2-5-14(11)12(15)7-10-4-6-16-9-10/h4,6,9,11H,1-3,5,7-8,13H2/t11-/m1/s1. The van der Waals surface area contributed by atoms with Crippen molar-refractivity contribution in [2.75, 3.05) is 13.1 Å². The molecule has 0 aromatic carbocycles. The molecule has 16 heavy (non-hydrogen) atoms. The van der Waals surface area contributed by atoms with Crippen LogP contribution in [-0.2, 0) is 11.2 Å². The summed E-state index contributed by atoms with van der Waals surface area (Å²) >= 11 is 1.64. The lowest BCUT2D eigenvalue weighted by atomic mass is 10.0. The Hall–Kier alpha value is -0.870. The van der Waals surface area contributed by atoms with Crippen molar-refractivity contribution >= 4 is 17.2 Å². The molecule has 0 spiro atoms. The van der Waals surface area contributed by atoms with Gasteiger partial charge in [-0.2, -0.15) is 11.3 Å². The number of amides is 1. The molecule has 1 atom stereocenters. The third-order valence-corrected chi connectivity index (χ3v) is 3.89. The molecule has 1 aromatic rings. The maximum atomic E-state index is 12.1. The van der Waals surface area contributed by atoms with Crippen LogP contribution in [0.3, 0.4) is 0 Å². The van der Waals surface area contributed by atoms with Crippen LogP contribution in [0.5, 0.6) is 0 Å². The van der Waals surface area contributed by atoms with E-state index in [0.717, 1.165) is 24.9 Å². The summed E-state index contributed by atoms with van der Waals surface area (Å²) < 4.78 is 0. The number of hydrogen-bond acceptors (Lipinski definition) is 3. The van der Waals surface area contributed by atoms with Crippen molar-refractivity contribution in [3.8, 4) is 0 Å². The van der Waals surface area contributed by atoms with Crippen LogP contribution in [-0.4, -0.2) is 29.9 Å². The van der Waals surface area contributed by atoms with Crippen LogP contribution in [0.1, 0.15) is 24.8 Å². The van der Waals surface area contributed by atoms with Crippen molar-refractivity contribution in [1.29, 1.82) is 0 Å². The monoisotopic (exact) mass is 238 g/mol. The van der Waals surface area contributed by atoms with E-state index in [9.17, 15) is 4.79 Å². The third kappa shape index (κ3) is 2.62. The minimum atomic E-state index is 0.230. The maximum absolute atomic E-state index is 12.1. The molecule has 1 fully saturated rings. The number of rotatable bonds is 3. The van der Waals surface area contributed by atoms with E-state index >= 15 is 0 Å². The molecule has 0 saturated carbocycles. The quantitative estimate of drug-likeness (QED) is 0.870. The van der Waals surface area contributed by atoms with Gasteiger partial charge in [-0.25, -0.2) is 0 Å². The van der Waals surface area contributed by atoms with Gasteiger partial charge in [0.15, 0.2) is 0 Å². The van der Waals surface area contributed by atoms with Gasteiger partial charge in [0.05, 0.1) is 6.42 Å². The summed E-state index contributed by atoms with van der Waals surface area (Å²) in [6.45, 7) is 1.47. The van der Waals surface area contributed by atoms with Gasteiger partial charge in [-0.3, -0.25) is 4.79 Å². The number of nitrogens with zero attached hydrogens (tertiary/aromatic N) is 1. The normalized spacial score (nSPS) is 21.1. The number of carbonyl (C=O) groups is 1. The molecule has 1 amide bonds. The average Bonchev–Trinajstić information content (AvgIpc) is 2.81. The first-order valence-electron chi connectivity index (χ1n) is 5.82. The van der Waals surface area contributed by atoms with Gasteiger partial charge >= 0.3 is 0 Å². The van der Waals surface area contributed by atoms with Gasteiger partial charge in [0.25, 0.3) is 0 Å². The molecule has 2 rings (SSSR count). The number of carbonyl (C=O) groups excluding carboxylic acids is 1. The van der Waals surface area contributed by atoms with E-state index in [-0.39, 0.29) is 11.9 Å². The van der Waals surface area contributed by atoms with E-state index in [1.807, 2.05) is 21.7 Å². The lowest BCUT2D eigenvalue weighted by molar-refractivity contribution is -0.133. The van der Waals surface area contributed by atoms with Crippen LogP contribution >= 0.6 is 11.3 Å². The fourth-order valence-corrected chi connectivity index (χ4v) is 2.91. The number of likely N-dealkylation sites (tertiary alicyclic amines) is 1. The Morgan fingerprint density at radius 1 is 1.56 bits per heavy atom. The molecule has 0 radical (unpaired) electrons. The zero-order valence-corrected chi connectivity index (χ0v) is 10.2. The Bertz CT molecular complexity index is 337. The highest BCUT2D eigenvalue weighted by Gasteiger charge is 2.25. The molecule has 0 unspecified atom stereocenters. The van der Waals surface area contributed by atoms with E-state index in [2.05, 4.69) is 0 Å². The van der Waals surface area contributed by atoms with Gasteiger partial charge in [-0.05, 0) is 41.7 Å². The smallest absolute Gasteiger partial charge is 0.227 e. The SMILES string of the molecule is NC[C@H]1CCCCN1C(=O)Cc1ccsc1. The summed E-state index contributed by atoms with van der Waals surface area (Å²) in [6, 6.07) is 2.28. The summed E-state index contributed by atoms with van der Waals surface area (Å²) in [6.07, 6.45) is 3.90. The fraction of sp³-hybridized carbons (Fsp3) is 0.583. The van der Waals surface area contributed by atoms with E-state index in [4.69, 9.17) is 5.73 Å². The Morgan fingerprint density at radius 2 is 2.44 bits per heavy atom. The average molecular weight is 238 g/mol. The summed E-state index contributed by atoms with van der Waals surface area (Å²) in [5.41, 5.74) is 6.83. The Morgan fingerprint density at radius 3 is 3.12 bits per heavy atom. The molecule has 0 aliphatic carbocycles. The molecule has 88 valence electrons. The molecule has 1 aliphatic rings. The first-order chi connectivity index (χ1) is 7.81. The topological polar surface area (TPSA) is 46.3 Å². The van der Waals surface area contributed by atoms with Gasteiger partial charge in [0, 0.05) is 19.1 Å². The Kier molecular flexibility index (Phi) is 3.96. The second-order valence-electron chi connectivity index (χ2n) is 4.28. The summed E-state index contributed by atoms with van der Waals surface area (Å²) in [7, 11) is 0. The van der Waals surface area contributed by atoms with Gasteiger partial charge in [-0.15, -0.1) is 0 Å². The van der Waals surface area contributed by atoms with Crippen molar-refractivity contribution in [3.05, 3.63) is 22.4 Å². The molecule has 2 heterocycles. The van der Waals surface area contributed by atoms with E-state index in [0.29, 0.717) is 13.0 Å². The molecular formula is C12H18N2OS. The predicted octanol–water partition coefficient (Wildman–Crippen LogP) is 1.63. The van der Waals surface area contributed by atoms with Crippen LogP contribution in [0.15, 0.2) is 16.8 Å². The number of thiophene rings is 1. The Balaban J connectivity index is 1.97. The summed E-state index contributed by atoms with van der Waals surface area (Å²) in [4.78, 5) is 14.1. The predicted molar refractivity (Wildman–Crippen MR) is 66.4 cm³/mol. The lowest BCUT2D eigenvalue weighted by Crippen LogP contribution is -2.47. The van der Waals surface area contributed by atoms with E-state index in [1.54, 1.807) is 11.3 Å². The lowest BCUT2D eigenvalue weighted by Gasteiger charge is -2.35. The maximum Gasteiger partial charge on any atom is 0.227 e. The minimum absolute atomic E-state index is 0.230. The van der Waals surface area contributed by atoms with Crippen LogP contribution in [0.25, 0.3) is 0 Å². The minimum Gasteiger partial charge on any atom is -0.338 e. The molecule has 1 aliphatic heterocycles. The van der Waals surface area contributed by atoms with Crippen LogP contribution in [0.2, 0.25) is 0 Å². The van der Waals surface area contributed by atoms with Crippen LogP contribution in [0.4, 0.5) is 0 Å². The van der Waals surface area contributed by atoms with Crippen molar-refractivity contribution in [2.45, 2.75) is 31.7 Å². The highest BCUT2D eigenvalue weighted by molar-refractivity contribution is 7.07. The van der Waals surface area contributed by atoms with Gasteiger partial charge < -0.3 is 10.6 Å². The highest BCUT2D eigenvalue weighted by atomic mass is 32.1. The molecular weight excluding hydrogens is 220 g/mol. The van der Waals surface area contributed by atoms with Gasteiger partial charge in [0.2, 0.25) is 5.91 Å². The molecule has 3 nitrogen and oxygen atoms in total. The molecule has 0 bridgehead atoms. The van der Waals surface area contributed by atoms with Crippen molar-refractivity contribution in [3.63, 3.8) is 0 Å². The summed E-state index contributed by atoms with van der Waals surface area (Å²) in [5, 5.41) is 4.05. The number of hydrogen-bond donors (Lipinski definition) is 1. The number of piperidine rings is 1. The third-order valence-electron chi connectivity index (χ3n) is 3.16. The first-order valence-corrected chi connectivity index (χ1v) is 6.76. The number of nitrogens with two attached hydrogens (primary N) is 1. The van der Waals surface area contributed by atoms with E-state index < -0.39 is 0 Å². The van der Waals surface area contributed by atoms with Crippen LogP contribution < -0.4 is 5.73 Å². The molecule has 4 heteroatoms. The zero-order chi connectivity index (χ0) is 11.4. The van der Waals surface area contributed by atoms with Gasteiger partial charge in [0.1, 0.15) is 0 Å². The highest BCUT2D eigenvalue weighted by Crippen LogP contribution is 2.18. The molecule has 1 aromatic heterocycles. The summed E-state index contributed by atoms with van der Waals surface area (Å²) in [5.74, 6) is 0.230.